The van der Waals surface area contributed by atoms with Gasteiger partial charge in [0.1, 0.15) is 13.2 Å². The Hall–Kier alpha value is -2.88. The number of methoxy groups -OCH3 is 1. The fraction of sp³-hybridized carbons (Fsp3) is 0.667. The van der Waals surface area contributed by atoms with Crippen LogP contribution >= 0.6 is 0 Å². The molecule has 0 radical (unpaired) electrons. The number of carbonyl (C=O) groups is 3. The standard InChI is InChI=1S/C33H49F3O7/c1-4-5-6-7-8-9-10-11-12-13-14-15-16-17-21-24-30(38)42-26-29(25-41-27(2)37)43-31(39)32(40-3,33(34,35)36)28-22-19-18-20-23-28/h11-12,18-20,22-23,29H,4-10,13-17,21,24-26H2,1-3H3/b12-11-/t29-,32-/m1/s1. The summed E-state index contributed by atoms with van der Waals surface area (Å²) in [6.45, 7) is 2.15. The van der Waals surface area contributed by atoms with Crippen LogP contribution in [0.4, 0.5) is 13.2 Å². The van der Waals surface area contributed by atoms with E-state index < -0.39 is 54.6 Å². The molecule has 0 saturated carbocycles. The van der Waals surface area contributed by atoms with Crippen molar-refractivity contribution < 1.29 is 46.5 Å². The van der Waals surface area contributed by atoms with Gasteiger partial charge in [-0.25, -0.2) is 4.79 Å². The van der Waals surface area contributed by atoms with Crippen molar-refractivity contribution in [2.75, 3.05) is 20.3 Å². The molecule has 0 spiro atoms. The first kappa shape index (κ1) is 38.1. The topological polar surface area (TPSA) is 88.1 Å². The highest BCUT2D eigenvalue weighted by Gasteiger charge is 2.64. The summed E-state index contributed by atoms with van der Waals surface area (Å²) in [5.41, 5.74) is -3.90. The Labute approximate surface area is 254 Å². The van der Waals surface area contributed by atoms with Gasteiger partial charge in [-0.3, -0.25) is 9.59 Å². The van der Waals surface area contributed by atoms with Crippen molar-refractivity contribution in [2.24, 2.45) is 0 Å². The molecule has 7 nitrogen and oxygen atoms in total. The van der Waals surface area contributed by atoms with Gasteiger partial charge in [0, 0.05) is 26.0 Å². The lowest BCUT2D eigenvalue weighted by atomic mass is 9.92. The molecule has 1 aromatic rings. The van der Waals surface area contributed by atoms with Crippen LogP contribution in [0.5, 0.6) is 0 Å². The molecule has 0 aromatic heterocycles. The fourth-order valence-electron chi connectivity index (χ4n) is 4.55. The Morgan fingerprint density at radius 3 is 1.86 bits per heavy atom. The van der Waals surface area contributed by atoms with Crippen molar-refractivity contribution in [2.45, 2.75) is 122 Å². The number of allylic oxidation sites excluding steroid dienone is 2. The van der Waals surface area contributed by atoms with Crippen LogP contribution in [0.25, 0.3) is 0 Å². The van der Waals surface area contributed by atoms with Crippen molar-refractivity contribution in [3.8, 4) is 0 Å². The molecule has 0 aliphatic carbocycles. The van der Waals surface area contributed by atoms with Gasteiger partial charge in [-0.15, -0.1) is 0 Å². The molecule has 0 fully saturated rings. The first-order chi connectivity index (χ1) is 20.6. The minimum Gasteiger partial charge on any atom is -0.462 e. The van der Waals surface area contributed by atoms with Crippen LogP contribution in [-0.4, -0.2) is 50.5 Å². The van der Waals surface area contributed by atoms with E-state index in [0.717, 1.165) is 64.7 Å². The molecule has 0 N–H and O–H groups in total. The van der Waals surface area contributed by atoms with Crippen LogP contribution < -0.4 is 0 Å². The Bertz CT molecular complexity index is 950. The van der Waals surface area contributed by atoms with E-state index in [1.54, 1.807) is 0 Å². The predicted molar refractivity (Wildman–Crippen MR) is 158 cm³/mol. The molecular formula is C33H49F3O7. The molecule has 0 bridgehead atoms. The molecule has 10 heteroatoms. The molecule has 0 aliphatic heterocycles. The second-order valence-electron chi connectivity index (χ2n) is 10.6. The van der Waals surface area contributed by atoms with Gasteiger partial charge in [0.25, 0.3) is 5.60 Å². The van der Waals surface area contributed by atoms with Crippen molar-refractivity contribution in [3.05, 3.63) is 48.0 Å². The lowest BCUT2D eigenvalue weighted by molar-refractivity contribution is -0.279. The summed E-state index contributed by atoms with van der Waals surface area (Å²) in [6.07, 6.45) is 12.5. The maximum absolute atomic E-state index is 14.2. The molecule has 43 heavy (non-hydrogen) atoms. The van der Waals surface area contributed by atoms with E-state index in [-0.39, 0.29) is 6.42 Å². The molecule has 2 atom stereocenters. The maximum Gasteiger partial charge on any atom is 0.432 e. The molecule has 0 saturated heterocycles. The number of rotatable bonds is 23. The fourth-order valence-corrected chi connectivity index (χ4v) is 4.55. The summed E-state index contributed by atoms with van der Waals surface area (Å²) in [6, 6.07) is 6.33. The molecule has 1 aromatic carbocycles. The summed E-state index contributed by atoms with van der Waals surface area (Å²) < 4.78 is 62.3. The average Bonchev–Trinajstić information content (AvgIpc) is 2.97. The number of ether oxygens (including phenoxy) is 4. The molecule has 0 aliphatic rings. The zero-order valence-corrected chi connectivity index (χ0v) is 25.9. The number of unbranched alkanes of at least 4 members (excludes halogenated alkanes) is 11. The van der Waals surface area contributed by atoms with Gasteiger partial charge >= 0.3 is 24.1 Å². The van der Waals surface area contributed by atoms with E-state index in [0.29, 0.717) is 6.42 Å². The van der Waals surface area contributed by atoms with Gasteiger partial charge in [-0.1, -0.05) is 101 Å². The third kappa shape index (κ3) is 14.9. The van der Waals surface area contributed by atoms with Crippen LogP contribution in [0.1, 0.15) is 109 Å². The van der Waals surface area contributed by atoms with Crippen molar-refractivity contribution in [1.82, 2.24) is 0 Å². The summed E-state index contributed by atoms with van der Waals surface area (Å²) in [7, 11) is 0.747. The minimum absolute atomic E-state index is 0.112. The van der Waals surface area contributed by atoms with E-state index in [9.17, 15) is 27.6 Å². The smallest absolute Gasteiger partial charge is 0.432 e. The normalized spacial score (nSPS) is 13.8. The number of hydrogen-bond donors (Lipinski definition) is 0. The molecule has 0 amide bonds. The monoisotopic (exact) mass is 614 g/mol. The second kappa shape index (κ2) is 21.8. The van der Waals surface area contributed by atoms with Gasteiger partial charge in [0.05, 0.1) is 0 Å². The minimum atomic E-state index is -5.17. The predicted octanol–water partition coefficient (Wildman–Crippen LogP) is 8.15. The summed E-state index contributed by atoms with van der Waals surface area (Å²) in [5, 5.41) is 0. The number of alkyl halides is 3. The average molecular weight is 615 g/mol. The van der Waals surface area contributed by atoms with Crippen LogP contribution in [0.3, 0.4) is 0 Å². The summed E-state index contributed by atoms with van der Waals surface area (Å²) in [4.78, 5) is 36.5. The van der Waals surface area contributed by atoms with E-state index in [1.165, 1.54) is 56.7 Å². The highest BCUT2D eigenvalue weighted by Crippen LogP contribution is 2.43. The highest BCUT2D eigenvalue weighted by molar-refractivity contribution is 5.83. The van der Waals surface area contributed by atoms with Gasteiger partial charge in [-0.05, 0) is 32.1 Å². The number of carbonyl (C=O) groups excluding carboxylic acids is 3. The van der Waals surface area contributed by atoms with Gasteiger partial charge in [0.15, 0.2) is 6.10 Å². The van der Waals surface area contributed by atoms with Crippen molar-refractivity contribution in [3.63, 3.8) is 0 Å². The van der Waals surface area contributed by atoms with Crippen LogP contribution in [0.2, 0.25) is 0 Å². The van der Waals surface area contributed by atoms with Crippen LogP contribution in [0, 0.1) is 0 Å². The first-order valence-corrected chi connectivity index (χ1v) is 15.4. The van der Waals surface area contributed by atoms with E-state index in [1.807, 2.05) is 0 Å². The van der Waals surface area contributed by atoms with Gasteiger partial charge in [0.2, 0.25) is 0 Å². The third-order valence-electron chi connectivity index (χ3n) is 6.99. The van der Waals surface area contributed by atoms with E-state index in [4.69, 9.17) is 18.9 Å². The largest absolute Gasteiger partial charge is 0.462 e. The van der Waals surface area contributed by atoms with Gasteiger partial charge < -0.3 is 18.9 Å². The van der Waals surface area contributed by atoms with Crippen molar-refractivity contribution in [1.29, 1.82) is 0 Å². The SMILES string of the molecule is CCCCCCCC/C=C\CCCCCCCC(=O)OC[C@@H](COC(C)=O)OC(=O)[C@](OC)(c1ccccc1)C(F)(F)F. The zero-order valence-electron chi connectivity index (χ0n) is 25.9. The highest BCUT2D eigenvalue weighted by atomic mass is 19.4. The number of benzene rings is 1. The first-order valence-electron chi connectivity index (χ1n) is 15.4. The molecular weight excluding hydrogens is 565 g/mol. The number of hydrogen-bond acceptors (Lipinski definition) is 7. The maximum atomic E-state index is 14.2. The Morgan fingerprint density at radius 1 is 0.791 bits per heavy atom. The summed E-state index contributed by atoms with van der Waals surface area (Å²) >= 11 is 0. The Kier molecular flexibility index (Phi) is 19.3. The van der Waals surface area contributed by atoms with Gasteiger partial charge in [-0.2, -0.15) is 13.2 Å². The summed E-state index contributed by atoms with van der Waals surface area (Å²) in [5.74, 6) is -3.09. The number of halogens is 3. The second-order valence-corrected chi connectivity index (χ2v) is 10.6. The van der Waals surface area contributed by atoms with Crippen LogP contribution in [-0.2, 0) is 38.9 Å². The van der Waals surface area contributed by atoms with Crippen molar-refractivity contribution >= 4 is 17.9 Å². The zero-order chi connectivity index (χ0) is 32.0. The quantitative estimate of drug-likeness (QED) is 0.0532. The number of esters is 3. The lowest BCUT2D eigenvalue weighted by Gasteiger charge is -2.33. The molecule has 0 unspecified atom stereocenters. The lowest BCUT2D eigenvalue weighted by Crippen LogP contribution is -2.53. The molecule has 0 heterocycles. The Morgan fingerprint density at radius 2 is 1.33 bits per heavy atom. The molecule has 244 valence electrons. The molecule has 1 rings (SSSR count). The third-order valence-corrected chi connectivity index (χ3v) is 6.99. The van der Waals surface area contributed by atoms with E-state index in [2.05, 4.69) is 19.1 Å². The Balaban J connectivity index is 2.45. The van der Waals surface area contributed by atoms with Crippen LogP contribution in [0.15, 0.2) is 42.5 Å². The van der Waals surface area contributed by atoms with E-state index >= 15 is 0 Å².